The molecule has 0 aliphatic rings. The van der Waals surface area contributed by atoms with Gasteiger partial charge in [0, 0.05) is 5.41 Å². The van der Waals surface area contributed by atoms with Crippen LogP contribution in [0.25, 0.3) is 0 Å². The average molecular weight is 340 g/mol. The first-order valence-electron chi connectivity index (χ1n) is 8.65. The molecule has 2 N–H and O–H groups in total. The zero-order chi connectivity index (χ0) is 19.4. The van der Waals surface area contributed by atoms with Gasteiger partial charge >= 0.3 is 5.97 Å². The Morgan fingerprint density at radius 3 is 2.04 bits per heavy atom. The first kappa shape index (κ1) is 24.7. The Hall–Kier alpha value is -1.58. The second-order valence-electron chi connectivity index (χ2n) is 7.56. The van der Waals surface area contributed by atoms with Crippen LogP contribution in [0.2, 0.25) is 0 Å². The molecule has 4 nitrogen and oxygen atoms in total. The first-order valence-corrected chi connectivity index (χ1v) is 8.65. The fourth-order valence-electron chi connectivity index (χ4n) is 1.86. The number of carboxylic acids is 1. The zero-order valence-corrected chi connectivity index (χ0v) is 16.8. The van der Waals surface area contributed by atoms with Crippen molar-refractivity contribution in [3.05, 3.63) is 23.8 Å². The van der Waals surface area contributed by atoms with Crippen LogP contribution in [0, 0.1) is 10.8 Å². The lowest BCUT2D eigenvalue weighted by Crippen LogP contribution is -2.39. The van der Waals surface area contributed by atoms with Gasteiger partial charge in [0.15, 0.2) is 0 Å². The maximum absolute atomic E-state index is 11.6. The zero-order valence-electron chi connectivity index (χ0n) is 16.8. The highest BCUT2D eigenvalue weighted by atomic mass is 16.4. The van der Waals surface area contributed by atoms with Gasteiger partial charge in [0.25, 0.3) is 0 Å². The van der Waals surface area contributed by atoms with Gasteiger partial charge in [-0.2, -0.15) is 0 Å². The molecule has 0 aliphatic heterocycles. The van der Waals surface area contributed by atoms with Gasteiger partial charge in [-0.25, -0.2) is 0 Å². The number of carbonyl (C=O) groups is 2. The minimum atomic E-state index is -1.03. The molecule has 1 amide bonds. The van der Waals surface area contributed by atoms with E-state index in [0.717, 1.165) is 5.57 Å². The van der Waals surface area contributed by atoms with Crippen molar-refractivity contribution >= 4 is 11.9 Å². The smallest absolute Gasteiger partial charge is 0.322 e. The summed E-state index contributed by atoms with van der Waals surface area (Å²) in [6.45, 7) is 16.1. The highest BCUT2D eigenvalue weighted by molar-refractivity contribution is 5.85. The topological polar surface area (TPSA) is 66.4 Å². The molecule has 0 aromatic rings. The van der Waals surface area contributed by atoms with Crippen molar-refractivity contribution in [3.63, 3.8) is 0 Å². The Balaban J connectivity index is 0. The van der Waals surface area contributed by atoms with Crippen molar-refractivity contribution in [3.8, 4) is 0 Å². The van der Waals surface area contributed by atoms with E-state index in [1.165, 1.54) is 12.8 Å². The largest absolute Gasteiger partial charge is 0.480 e. The van der Waals surface area contributed by atoms with Crippen LogP contribution in [0.5, 0.6) is 0 Å². The molecule has 0 bridgehead atoms. The third-order valence-corrected chi connectivity index (χ3v) is 4.09. The van der Waals surface area contributed by atoms with Crippen LogP contribution in [0.4, 0.5) is 0 Å². The van der Waals surface area contributed by atoms with Crippen molar-refractivity contribution in [2.45, 2.75) is 74.7 Å². The molecule has 0 aromatic carbocycles. The van der Waals surface area contributed by atoms with Crippen molar-refractivity contribution in [2.24, 2.45) is 10.8 Å². The Morgan fingerprint density at radius 2 is 1.67 bits per heavy atom. The second-order valence-corrected chi connectivity index (χ2v) is 7.56. The molecule has 0 saturated carbocycles. The minimum Gasteiger partial charge on any atom is -0.480 e. The molecule has 140 valence electrons. The van der Waals surface area contributed by atoms with E-state index in [-0.39, 0.29) is 12.5 Å². The molecule has 4 heteroatoms. The van der Waals surface area contributed by atoms with Gasteiger partial charge in [-0.15, -0.1) is 0 Å². The van der Waals surface area contributed by atoms with E-state index in [0.29, 0.717) is 11.8 Å². The van der Waals surface area contributed by atoms with Crippen LogP contribution in [-0.2, 0) is 9.59 Å². The number of hydrogen-bond acceptors (Lipinski definition) is 2. The lowest BCUT2D eigenvalue weighted by atomic mass is 9.85. The van der Waals surface area contributed by atoms with Gasteiger partial charge in [0.1, 0.15) is 6.54 Å². The molecule has 0 heterocycles. The van der Waals surface area contributed by atoms with E-state index in [2.05, 4.69) is 45.2 Å². The number of allylic oxidation sites excluding steroid dienone is 4. The summed E-state index contributed by atoms with van der Waals surface area (Å²) >= 11 is 0. The third kappa shape index (κ3) is 12.9. The van der Waals surface area contributed by atoms with E-state index in [9.17, 15) is 9.59 Å². The molecule has 0 radical (unpaired) electrons. The molecule has 24 heavy (non-hydrogen) atoms. The van der Waals surface area contributed by atoms with Crippen LogP contribution in [0.1, 0.15) is 74.7 Å². The summed E-state index contributed by atoms with van der Waals surface area (Å²) in [5, 5.41) is 10.8. The molecule has 0 spiro atoms. The van der Waals surface area contributed by atoms with Crippen molar-refractivity contribution in [1.82, 2.24) is 5.32 Å². The Labute approximate surface area is 148 Å². The summed E-state index contributed by atoms with van der Waals surface area (Å²) < 4.78 is 0. The predicted molar refractivity (Wildman–Crippen MR) is 102 cm³/mol. The molecule has 0 aliphatic carbocycles. The van der Waals surface area contributed by atoms with Gasteiger partial charge in [0.2, 0.25) is 5.91 Å². The molecule has 0 rings (SSSR count). The molecule has 0 fully saturated rings. The van der Waals surface area contributed by atoms with Gasteiger partial charge in [-0.05, 0) is 39.0 Å². The maximum Gasteiger partial charge on any atom is 0.322 e. The summed E-state index contributed by atoms with van der Waals surface area (Å²) in [6.07, 6.45) is 9.42. The number of hydrogen-bond donors (Lipinski definition) is 2. The molecule has 0 aromatic heterocycles. The first-order chi connectivity index (χ1) is 10.9. The number of rotatable bonds is 8. The van der Waals surface area contributed by atoms with Crippen LogP contribution in [0.3, 0.4) is 0 Å². The SMILES string of the molecule is C/C=C(\C)CC(C)(C)C(=O)NCC(=O)O.C/C=C/CC(C)(C)CC. The van der Waals surface area contributed by atoms with E-state index < -0.39 is 11.4 Å². The average Bonchev–Trinajstić information content (AvgIpc) is 2.50. The summed E-state index contributed by atoms with van der Waals surface area (Å²) in [6, 6.07) is 0. The standard InChI is InChI=1S/C11H19NO3.C9H18/c1-5-8(2)6-11(3,4)10(15)12-7-9(13)14;1-5-7-8-9(3,4)6-2/h5H,6-7H2,1-4H3,(H,12,15)(H,13,14);5,7H,6,8H2,1-4H3/b8-5+;7-5+. The lowest BCUT2D eigenvalue weighted by molar-refractivity contribution is -0.139. The Kier molecular flexibility index (Phi) is 12.2. The molecule has 0 atom stereocenters. The highest BCUT2D eigenvalue weighted by Crippen LogP contribution is 2.25. The summed E-state index contributed by atoms with van der Waals surface area (Å²) in [5.74, 6) is -1.26. The highest BCUT2D eigenvalue weighted by Gasteiger charge is 2.27. The maximum atomic E-state index is 11.6. The molecular weight excluding hydrogens is 302 g/mol. The summed E-state index contributed by atoms with van der Waals surface area (Å²) in [4.78, 5) is 21.9. The van der Waals surface area contributed by atoms with Gasteiger partial charge in [-0.3, -0.25) is 9.59 Å². The second kappa shape index (κ2) is 11.9. The summed E-state index contributed by atoms with van der Waals surface area (Å²) in [5.41, 5.74) is 1.06. The van der Waals surface area contributed by atoms with Crippen LogP contribution in [-0.4, -0.2) is 23.5 Å². The normalized spacial score (nSPS) is 12.6. The fourth-order valence-corrected chi connectivity index (χ4v) is 1.86. The van der Waals surface area contributed by atoms with Crippen LogP contribution >= 0.6 is 0 Å². The van der Waals surface area contributed by atoms with Crippen LogP contribution in [0.15, 0.2) is 23.8 Å². The van der Waals surface area contributed by atoms with E-state index in [1.807, 2.05) is 19.9 Å². The minimum absolute atomic E-state index is 0.230. The van der Waals surface area contributed by atoms with Crippen LogP contribution < -0.4 is 5.32 Å². The number of carbonyl (C=O) groups excluding carboxylic acids is 1. The lowest BCUT2D eigenvalue weighted by Gasteiger charge is -2.23. The third-order valence-electron chi connectivity index (χ3n) is 4.09. The van der Waals surface area contributed by atoms with Gasteiger partial charge < -0.3 is 10.4 Å². The summed E-state index contributed by atoms with van der Waals surface area (Å²) in [7, 11) is 0. The monoisotopic (exact) mass is 339 g/mol. The number of amides is 1. The number of carboxylic acid groups (broad SMARTS) is 1. The van der Waals surface area contributed by atoms with Crippen molar-refractivity contribution < 1.29 is 14.7 Å². The Morgan fingerprint density at radius 1 is 1.12 bits per heavy atom. The van der Waals surface area contributed by atoms with Gasteiger partial charge in [-0.1, -0.05) is 64.8 Å². The molecule has 0 saturated heterocycles. The molecular formula is C20H37NO3. The Bertz CT molecular complexity index is 446. The fraction of sp³-hybridized carbons (Fsp3) is 0.700. The quantitative estimate of drug-likeness (QED) is 0.614. The van der Waals surface area contributed by atoms with E-state index in [1.54, 1.807) is 13.8 Å². The predicted octanol–water partition coefficient (Wildman–Crippen LogP) is 4.96. The van der Waals surface area contributed by atoms with Crippen molar-refractivity contribution in [2.75, 3.05) is 6.54 Å². The number of aliphatic carboxylic acids is 1. The number of nitrogens with one attached hydrogen (secondary N) is 1. The van der Waals surface area contributed by atoms with E-state index in [4.69, 9.17) is 5.11 Å². The molecule has 0 unspecified atom stereocenters. The van der Waals surface area contributed by atoms with Crippen molar-refractivity contribution in [1.29, 1.82) is 0 Å². The van der Waals surface area contributed by atoms with E-state index >= 15 is 0 Å². The van der Waals surface area contributed by atoms with Gasteiger partial charge in [0.05, 0.1) is 0 Å².